The quantitative estimate of drug-likeness (QED) is 0.353. The Labute approximate surface area is 142 Å². The van der Waals surface area contributed by atoms with E-state index in [1.807, 2.05) is 0 Å². The molecule has 15 heteroatoms. The van der Waals surface area contributed by atoms with Gasteiger partial charge < -0.3 is 10.2 Å². The Hall–Kier alpha value is 1.08. The van der Waals surface area contributed by atoms with Crippen LogP contribution in [0.3, 0.4) is 0 Å². The second-order valence-corrected chi connectivity index (χ2v) is 5.13. The maximum atomic E-state index is 9.38. The average Bonchev–Trinajstić information content (AvgIpc) is 1.78. The molecule has 17 heavy (non-hydrogen) atoms. The van der Waals surface area contributed by atoms with Gasteiger partial charge in [-0.2, -0.15) is 0 Å². The molecule has 0 aromatic carbocycles. The zero-order valence-corrected chi connectivity index (χ0v) is 14.9. The topological polar surface area (TPSA) is 198 Å². The van der Waals surface area contributed by atoms with E-state index in [-0.39, 0.29) is 59.1 Å². The Bertz CT molecular complexity index is 390. The molecule has 0 aliphatic heterocycles. The maximum absolute atomic E-state index is 9.38. The molecule has 2 N–H and O–H groups in total. The van der Waals surface area contributed by atoms with Gasteiger partial charge in [-0.15, -0.1) is 0 Å². The van der Waals surface area contributed by atoms with Gasteiger partial charge >= 0.3 is 125 Å². The van der Waals surface area contributed by atoms with Gasteiger partial charge in [0.15, 0.2) is 0 Å². The summed E-state index contributed by atoms with van der Waals surface area (Å²) in [5, 5.41) is 14.8. The molecule has 0 radical (unpaired) electrons. The molecule has 0 fully saturated rings. The molecule has 0 bridgehead atoms. The molecule has 0 saturated carbocycles. The molecule has 0 amide bonds. The number of aliphatic carboxylic acids is 2. The van der Waals surface area contributed by atoms with Gasteiger partial charge in [0, 0.05) is 0 Å². The number of carbonyl (C=O) groups is 2. The van der Waals surface area contributed by atoms with Crippen LogP contribution in [0.1, 0.15) is 0 Å². The molecule has 0 rings (SSSR count). The van der Waals surface area contributed by atoms with Crippen molar-refractivity contribution in [1.82, 2.24) is 0 Å². The van der Waals surface area contributed by atoms with E-state index in [1.165, 1.54) is 0 Å². The van der Waals surface area contributed by atoms with Crippen molar-refractivity contribution in [1.29, 1.82) is 0 Å². The van der Waals surface area contributed by atoms with Crippen LogP contribution in [0.25, 0.3) is 0 Å². The van der Waals surface area contributed by atoms with Crippen LogP contribution in [-0.4, -0.2) is 22.2 Å². The first-order chi connectivity index (χ1) is 6.35. The van der Waals surface area contributed by atoms with Crippen molar-refractivity contribution in [2.75, 3.05) is 0 Å². The minimum atomic E-state index is -6.07. The van der Waals surface area contributed by atoms with E-state index >= 15 is 0 Å². The number of hydrogen-bond donors (Lipinski definition) is 2. The van der Waals surface area contributed by atoms with Gasteiger partial charge in [-0.1, -0.05) is 0 Å². The first kappa shape index (κ1) is 26.6. The van der Waals surface area contributed by atoms with E-state index in [2.05, 4.69) is 2.84 Å². The molecule has 11 nitrogen and oxygen atoms in total. The molecule has 0 saturated heterocycles. The second-order valence-electron chi connectivity index (χ2n) is 1.49. The van der Waals surface area contributed by atoms with Crippen LogP contribution >= 0.6 is 0 Å². The van der Waals surface area contributed by atoms with Gasteiger partial charge in [0.25, 0.3) is 0 Å². The summed E-state index contributed by atoms with van der Waals surface area (Å²) in [5.74, 6) is -3.65. The van der Waals surface area contributed by atoms with Crippen LogP contribution in [0.15, 0.2) is 0 Å². The molecule has 0 spiro atoms. The standard InChI is InChI=1S/C2H2O4.2Cr.2Na.7O/c3-1(4)2(5)6;;;;;;;;;;;/h(H,3,4)(H,5,6);;;;;;;;;;;/q;;;2*+1;;;;;;2*-1. The van der Waals surface area contributed by atoms with Gasteiger partial charge in [-0.25, -0.2) is 9.59 Å². The number of carboxylic acid groups (broad SMARTS) is 2. The molecular weight excluding hydrogens is 350 g/mol. The van der Waals surface area contributed by atoms with Gasteiger partial charge in [0.2, 0.25) is 0 Å². The molecule has 0 unspecified atom stereocenters. The number of carboxylic acids is 2. The number of hydrogen-bond acceptors (Lipinski definition) is 9. The number of rotatable bonds is 2. The van der Waals surface area contributed by atoms with Gasteiger partial charge in [0.1, 0.15) is 0 Å². The van der Waals surface area contributed by atoms with Crippen LogP contribution in [-0.2, 0) is 54.9 Å². The van der Waals surface area contributed by atoms with E-state index in [1.54, 1.807) is 0 Å². The molecular formula is C2H2Cr2Na2O11. The minimum absolute atomic E-state index is 0. The molecule has 0 atom stereocenters. The summed E-state index contributed by atoms with van der Waals surface area (Å²) in [6.07, 6.45) is 0. The summed E-state index contributed by atoms with van der Waals surface area (Å²) in [6, 6.07) is 0. The van der Waals surface area contributed by atoms with Crippen molar-refractivity contribution in [3.8, 4) is 0 Å². The molecule has 0 heterocycles. The third-order valence-electron chi connectivity index (χ3n) is 0.350. The van der Waals surface area contributed by atoms with Crippen LogP contribution in [0.4, 0.5) is 0 Å². The van der Waals surface area contributed by atoms with Crippen molar-refractivity contribution in [2.24, 2.45) is 0 Å². The van der Waals surface area contributed by atoms with Gasteiger partial charge in [0.05, 0.1) is 0 Å². The fourth-order valence-electron chi connectivity index (χ4n) is 0.102. The Balaban J connectivity index is -0.0000000945. The molecule has 90 valence electrons. The predicted molar refractivity (Wildman–Crippen MR) is 19.1 cm³/mol. The Kier molecular flexibility index (Phi) is 17.2. The van der Waals surface area contributed by atoms with Crippen molar-refractivity contribution in [3.63, 3.8) is 0 Å². The third kappa shape index (κ3) is 31.6. The Morgan fingerprint density at radius 1 is 0.824 bits per heavy atom. The third-order valence-corrected chi connectivity index (χ3v) is 3.02. The summed E-state index contributed by atoms with van der Waals surface area (Å²) < 4.78 is 58.9. The fraction of sp³-hybridized carbons (Fsp3) is 0. The normalized spacial score (nSPS) is 9.76. The summed E-state index contributed by atoms with van der Waals surface area (Å²) in [6.45, 7) is 0. The molecule has 0 aromatic rings. The van der Waals surface area contributed by atoms with Crippen molar-refractivity contribution >= 4 is 11.9 Å². The summed E-state index contributed by atoms with van der Waals surface area (Å²) in [7, 11) is 0. The summed E-state index contributed by atoms with van der Waals surface area (Å²) in [4.78, 5) is 18.2. The Morgan fingerprint density at radius 2 is 1.00 bits per heavy atom. The molecule has 0 aliphatic carbocycles. The van der Waals surface area contributed by atoms with Crippen molar-refractivity contribution < 1.29 is 133 Å². The van der Waals surface area contributed by atoms with Crippen LogP contribution in [0.2, 0.25) is 0 Å². The van der Waals surface area contributed by atoms with E-state index in [0.29, 0.717) is 0 Å². The second kappa shape index (κ2) is 11.0. The molecule has 0 aromatic heterocycles. The van der Waals surface area contributed by atoms with E-state index in [9.17, 15) is 23.5 Å². The fourth-order valence-corrected chi connectivity index (χ4v) is 1.74. The summed E-state index contributed by atoms with van der Waals surface area (Å²) >= 11 is -12.1. The first-order valence-corrected chi connectivity index (χ1v) is 6.60. The zero-order valence-electron chi connectivity index (χ0n) is 8.39. The van der Waals surface area contributed by atoms with Gasteiger partial charge in [-0.3, -0.25) is 0 Å². The van der Waals surface area contributed by atoms with E-state index in [4.69, 9.17) is 19.8 Å². The Morgan fingerprint density at radius 3 is 1.00 bits per heavy atom. The first-order valence-electron chi connectivity index (χ1n) is 2.44. The van der Waals surface area contributed by atoms with Crippen LogP contribution in [0, 0.1) is 0 Å². The van der Waals surface area contributed by atoms with Crippen LogP contribution in [0.5, 0.6) is 0 Å². The SMILES string of the molecule is O=C(O)C(=O)O.[Na+].[Na+].[O]=[Cr](=[O])([O-])[O][Cr](=[O])(=[O])[O-]. The molecule has 0 aliphatic rings. The average molecular weight is 352 g/mol. The predicted octanol–water partition coefficient (Wildman–Crippen LogP) is -9.76. The van der Waals surface area contributed by atoms with Crippen molar-refractivity contribution in [3.05, 3.63) is 0 Å². The zero-order chi connectivity index (χ0) is 12.9. The van der Waals surface area contributed by atoms with Gasteiger partial charge in [-0.05, 0) is 0 Å². The summed E-state index contributed by atoms with van der Waals surface area (Å²) in [5.41, 5.74) is 0. The van der Waals surface area contributed by atoms with E-state index in [0.717, 1.165) is 0 Å². The monoisotopic (exact) mass is 352 g/mol. The van der Waals surface area contributed by atoms with E-state index < -0.39 is 39.2 Å². The van der Waals surface area contributed by atoms with Crippen molar-refractivity contribution in [2.45, 2.75) is 0 Å². The van der Waals surface area contributed by atoms with Crippen LogP contribution < -0.4 is 67.4 Å².